The molecule has 1 unspecified atom stereocenters. The van der Waals surface area contributed by atoms with Gasteiger partial charge >= 0.3 is 12.1 Å². The number of halogens is 1. The van der Waals surface area contributed by atoms with E-state index in [2.05, 4.69) is 10.6 Å². The normalized spacial score (nSPS) is 12.8. The van der Waals surface area contributed by atoms with Gasteiger partial charge < -0.3 is 20.5 Å². The number of carbonyl (C=O) groups is 3. The average molecular weight is 493 g/mol. The zero-order valence-electron chi connectivity index (χ0n) is 18.9. The van der Waals surface area contributed by atoms with Crippen LogP contribution < -0.4 is 10.6 Å². The van der Waals surface area contributed by atoms with Crippen LogP contribution in [0.4, 0.5) is 4.79 Å². The molecule has 0 heterocycles. The average Bonchev–Trinajstić information content (AvgIpc) is 3.16. The fourth-order valence-corrected chi connectivity index (χ4v) is 4.52. The van der Waals surface area contributed by atoms with E-state index in [1.54, 1.807) is 12.1 Å². The van der Waals surface area contributed by atoms with Gasteiger partial charge in [-0.2, -0.15) is 0 Å². The van der Waals surface area contributed by atoms with Gasteiger partial charge in [0.25, 0.3) is 0 Å². The third-order valence-electron chi connectivity index (χ3n) is 5.93. The van der Waals surface area contributed by atoms with Crippen molar-refractivity contribution in [3.8, 4) is 11.1 Å². The molecule has 8 heteroatoms. The van der Waals surface area contributed by atoms with Crippen molar-refractivity contribution in [2.75, 3.05) is 13.2 Å². The number of ether oxygens (including phenoxy) is 1. The lowest BCUT2D eigenvalue weighted by atomic mass is 9.98. The zero-order chi connectivity index (χ0) is 24.8. The quantitative estimate of drug-likeness (QED) is 0.411. The monoisotopic (exact) mass is 492 g/mol. The Hall–Kier alpha value is -3.84. The van der Waals surface area contributed by atoms with E-state index in [4.69, 9.17) is 16.3 Å². The highest BCUT2D eigenvalue weighted by Gasteiger charge is 2.30. The number of alkyl carbamates (subject to hydrolysis) is 1. The fraction of sp³-hybridized carbons (Fsp3) is 0.222. The topological polar surface area (TPSA) is 105 Å². The number of aliphatic carboxylic acids is 1. The Balaban J connectivity index is 1.35. The Bertz CT molecular complexity index is 1200. The minimum Gasteiger partial charge on any atom is -0.481 e. The smallest absolute Gasteiger partial charge is 0.407 e. The molecule has 3 aromatic carbocycles. The molecule has 0 radical (unpaired) electrons. The number of nitrogens with one attached hydrogen (secondary N) is 2. The maximum absolute atomic E-state index is 12.6. The minimum absolute atomic E-state index is 0.0655. The third-order valence-corrected chi connectivity index (χ3v) is 6.17. The molecular weight excluding hydrogens is 468 g/mol. The van der Waals surface area contributed by atoms with Gasteiger partial charge in [-0.25, -0.2) is 4.79 Å². The van der Waals surface area contributed by atoms with E-state index in [1.807, 2.05) is 60.7 Å². The van der Waals surface area contributed by atoms with Crippen molar-refractivity contribution in [1.29, 1.82) is 0 Å². The molecular formula is C27H25ClN2O5. The number of hydrogen-bond acceptors (Lipinski definition) is 4. The predicted molar refractivity (Wildman–Crippen MR) is 132 cm³/mol. The van der Waals surface area contributed by atoms with Crippen molar-refractivity contribution in [2.24, 2.45) is 0 Å². The summed E-state index contributed by atoms with van der Waals surface area (Å²) < 4.78 is 5.45. The summed E-state index contributed by atoms with van der Waals surface area (Å²) in [5.41, 5.74) is 5.24. The second kappa shape index (κ2) is 11.1. The largest absolute Gasteiger partial charge is 0.481 e. The van der Waals surface area contributed by atoms with Crippen molar-refractivity contribution >= 4 is 29.6 Å². The number of carboxylic acid groups (broad SMARTS) is 1. The highest BCUT2D eigenvalue weighted by molar-refractivity contribution is 6.30. The molecule has 1 atom stereocenters. The number of hydrogen-bond donors (Lipinski definition) is 3. The van der Waals surface area contributed by atoms with Gasteiger partial charge in [0.1, 0.15) is 12.6 Å². The molecule has 0 aliphatic heterocycles. The molecule has 3 aromatic rings. The Morgan fingerprint density at radius 2 is 1.60 bits per heavy atom. The van der Waals surface area contributed by atoms with Gasteiger partial charge in [-0.3, -0.25) is 9.59 Å². The molecule has 0 spiro atoms. The summed E-state index contributed by atoms with van der Waals surface area (Å²) in [7, 11) is 0. The van der Waals surface area contributed by atoms with E-state index < -0.39 is 30.4 Å². The SMILES string of the molecule is O=C(O)CC(NC(=O)OCC1c2ccccc2-c2ccccc21)C(=O)NCCc1cccc(Cl)c1. The fourth-order valence-electron chi connectivity index (χ4n) is 4.31. The summed E-state index contributed by atoms with van der Waals surface area (Å²) in [6.07, 6.45) is -0.896. The zero-order valence-corrected chi connectivity index (χ0v) is 19.6. The van der Waals surface area contributed by atoms with E-state index in [1.165, 1.54) is 0 Å². The number of carbonyl (C=O) groups excluding carboxylic acids is 2. The van der Waals surface area contributed by atoms with Crippen molar-refractivity contribution < 1.29 is 24.2 Å². The summed E-state index contributed by atoms with van der Waals surface area (Å²) in [6.45, 7) is 0.331. The first kappa shape index (κ1) is 24.3. The first-order valence-corrected chi connectivity index (χ1v) is 11.7. The van der Waals surface area contributed by atoms with Crippen LogP contribution in [0.2, 0.25) is 5.02 Å². The second-order valence-corrected chi connectivity index (χ2v) is 8.73. The van der Waals surface area contributed by atoms with E-state index in [-0.39, 0.29) is 19.1 Å². The molecule has 35 heavy (non-hydrogen) atoms. The van der Waals surface area contributed by atoms with Crippen LogP contribution in [0.15, 0.2) is 72.8 Å². The molecule has 0 saturated heterocycles. The molecule has 3 N–H and O–H groups in total. The number of amides is 2. The Morgan fingerprint density at radius 1 is 0.943 bits per heavy atom. The summed E-state index contributed by atoms with van der Waals surface area (Å²) in [5, 5.41) is 14.9. The Kier molecular flexibility index (Phi) is 7.67. The van der Waals surface area contributed by atoms with Crippen molar-refractivity contribution in [1.82, 2.24) is 10.6 Å². The summed E-state index contributed by atoms with van der Waals surface area (Å²) in [5.74, 6) is -1.94. The van der Waals surface area contributed by atoms with Crippen LogP contribution >= 0.6 is 11.6 Å². The number of benzene rings is 3. The number of carboxylic acids is 1. The van der Waals surface area contributed by atoms with Crippen LogP contribution in [0.3, 0.4) is 0 Å². The van der Waals surface area contributed by atoms with Crippen LogP contribution in [0.25, 0.3) is 11.1 Å². The molecule has 0 bridgehead atoms. The van der Waals surface area contributed by atoms with Crippen LogP contribution in [0, 0.1) is 0 Å². The van der Waals surface area contributed by atoms with Gasteiger partial charge in [-0.05, 0) is 46.4 Å². The third kappa shape index (κ3) is 6.00. The summed E-state index contributed by atoms with van der Waals surface area (Å²) in [4.78, 5) is 36.4. The van der Waals surface area contributed by atoms with Crippen LogP contribution in [0.5, 0.6) is 0 Å². The van der Waals surface area contributed by atoms with E-state index in [9.17, 15) is 19.5 Å². The Morgan fingerprint density at radius 3 is 2.23 bits per heavy atom. The van der Waals surface area contributed by atoms with Gasteiger partial charge in [0.2, 0.25) is 5.91 Å². The van der Waals surface area contributed by atoms with Gasteiger partial charge in [0.05, 0.1) is 6.42 Å². The molecule has 1 aliphatic rings. The van der Waals surface area contributed by atoms with Gasteiger partial charge in [-0.1, -0.05) is 72.3 Å². The maximum Gasteiger partial charge on any atom is 0.407 e. The minimum atomic E-state index is -1.26. The Labute approximate surface area is 208 Å². The standard InChI is InChI=1S/C27H25ClN2O5/c28-18-7-5-6-17(14-18)12-13-29-26(33)24(15-25(31)32)30-27(34)35-16-23-21-10-3-1-8-19(21)20-9-2-4-11-22(20)23/h1-11,14,23-24H,12-13,15-16H2,(H,29,33)(H,30,34)(H,31,32). The number of rotatable bonds is 9. The lowest BCUT2D eigenvalue weighted by Crippen LogP contribution is -2.48. The van der Waals surface area contributed by atoms with Crippen LogP contribution in [0.1, 0.15) is 29.0 Å². The van der Waals surface area contributed by atoms with Crippen LogP contribution in [-0.2, 0) is 20.7 Å². The van der Waals surface area contributed by atoms with Crippen molar-refractivity contribution in [3.05, 3.63) is 94.5 Å². The molecule has 0 fully saturated rings. The first-order chi connectivity index (χ1) is 16.9. The van der Waals surface area contributed by atoms with Crippen molar-refractivity contribution in [2.45, 2.75) is 24.8 Å². The second-order valence-electron chi connectivity index (χ2n) is 8.29. The molecule has 180 valence electrons. The van der Waals surface area contributed by atoms with Gasteiger partial charge in [0, 0.05) is 17.5 Å². The number of fused-ring (bicyclic) bond motifs is 3. The molecule has 0 saturated carbocycles. The van der Waals surface area contributed by atoms with Crippen molar-refractivity contribution in [3.63, 3.8) is 0 Å². The first-order valence-electron chi connectivity index (χ1n) is 11.3. The van der Waals surface area contributed by atoms with Crippen LogP contribution in [-0.4, -0.2) is 42.3 Å². The lowest BCUT2D eigenvalue weighted by molar-refractivity contribution is -0.139. The van der Waals surface area contributed by atoms with E-state index >= 15 is 0 Å². The van der Waals surface area contributed by atoms with E-state index in [0.29, 0.717) is 11.4 Å². The summed E-state index contributed by atoms with van der Waals surface area (Å²) in [6, 6.07) is 21.8. The van der Waals surface area contributed by atoms with Gasteiger partial charge in [0.15, 0.2) is 0 Å². The van der Waals surface area contributed by atoms with E-state index in [0.717, 1.165) is 27.8 Å². The molecule has 1 aliphatic carbocycles. The predicted octanol–water partition coefficient (Wildman–Crippen LogP) is 4.38. The molecule has 7 nitrogen and oxygen atoms in total. The van der Waals surface area contributed by atoms with Gasteiger partial charge in [-0.15, -0.1) is 0 Å². The maximum atomic E-state index is 12.6. The lowest BCUT2D eigenvalue weighted by Gasteiger charge is -2.18. The highest BCUT2D eigenvalue weighted by atomic mass is 35.5. The highest BCUT2D eigenvalue weighted by Crippen LogP contribution is 2.44. The summed E-state index contributed by atoms with van der Waals surface area (Å²) >= 11 is 5.97. The molecule has 4 rings (SSSR count). The molecule has 0 aromatic heterocycles. The molecule has 2 amide bonds.